The lowest BCUT2D eigenvalue weighted by Gasteiger charge is -2.53. The second-order valence-electron chi connectivity index (χ2n) is 9.71. The van der Waals surface area contributed by atoms with Crippen molar-refractivity contribution in [3.05, 3.63) is 0 Å². The molecule has 0 rings (SSSR count). The molecule has 0 spiro atoms. The summed E-state index contributed by atoms with van der Waals surface area (Å²) in [6.45, 7) is 22.3. The molecule has 0 nitrogen and oxygen atoms in total. The lowest BCUT2D eigenvalue weighted by molar-refractivity contribution is -0.0437. The van der Waals surface area contributed by atoms with Crippen LogP contribution in [0.2, 0.25) is 0 Å². The maximum Gasteiger partial charge on any atom is -0.0260 e. The smallest absolute Gasteiger partial charge is 0.0260 e. The van der Waals surface area contributed by atoms with Crippen LogP contribution in [0, 0.1) is 22.2 Å². The molecular formula is C22H46. The van der Waals surface area contributed by atoms with E-state index in [4.69, 9.17) is 0 Å². The fraction of sp³-hybridized carbons (Fsp3) is 1.00. The van der Waals surface area contributed by atoms with Crippen LogP contribution in [0.15, 0.2) is 0 Å². The van der Waals surface area contributed by atoms with E-state index in [1.165, 1.54) is 57.8 Å². The average molecular weight is 311 g/mol. The fourth-order valence-electron chi connectivity index (χ4n) is 5.50. The number of unbranched alkanes of at least 4 members (excludes halogenated alkanes) is 3. The van der Waals surface area contributed by atoms with E-state index >= 15 is 0 Å². The van der Waals surface area contributed by atoms with Crippen LogP contribution in [0.4, 0.5) is 0 Å². The van der Waals surface area contributed by atoms with Crippen LogP contribution < -0.4 is 0 Å². The summed E-state index contributed by atoms with van der Waals surface area (Å²) < 4.78 is 0. The molecule has 0 saturated heterocycles. The Labute approximate surface area is 142 Å². The van der Waals surface area contributed by atoms with E-state index in [1.54, 1.807) is 0 Å². The van der Waals surface area contributed by atoms with E-state index in [1.807, 2.05) is 0 Å². The van der Waals surface area contributed by atoms with Crippen molar-refractivity contribution in [1.29, 1.82) is 0 Å². The van der Waals surface area contributed by atoms with Gasteiger partial charge in [0.15, 0.2) is 0 Å². The van der Waals surface area contributed by atoms with Gasteiger partial charge in [-0.3, -0.25) is 0 Å². The lowest BCUT2D eigenvalue weighted by atomic mass is 9.51. The van der Waals surface area contributed by atoms with Crippen LogP contribution >= 0.6 is 0 Å². The van der Waals surface area contributed by atoms with Gasteiger partial charge in [-0.2, -0.15) is 0 Å². The molecule has 134 valence electrons. The Morgan fingerprint density at radius 3 is 0.909 bits per heavy atom. The highest BCUT2D eigenvalue weighted by Gasteiger charge is 2.47. The van der Waals surface area contributed by atoms with E-state index in [0.29, 0.717) is 16.2 Å². The monoisotopic (exact) mass is 310 g/mol. The van der Waals surface area contributed by atoms with Gasteiger partial charge in [0.2, 0.25) is 0 Å². The first-order valence-electron chi connectivity index (χ1n) is 10.0. The molecule has 0 N–H and O–H groups in total. The van der Waals surface area contributed by atoms with Crippen molar-refractivity contribution < 1.29 is 0 Å². The molecule has 0 aliphatic rings. The Bertz CT molecular complexity index is 235. The molecule has 0 fully saturated rings. The Balaban J connectivity index is 5.46. The molecule has 0 amide bonds. The second kappa shape index (κ2) is 9.33. The molecule has 0 aliphatic heterocycles. The molecular weight excluding hydrogens is 264 g/mol. The summed E-state index contributed by atoms with van der Waals surface area (Å²) in [6.07, 6.45) is 12.2. The summed E-state index contributed by atoms with van der Waals surface area (Å²) >= 11 is 0. The maximum atomic E-state index is 2.55. The predicted molar refractivity (Wildman–Crippen MR) is 103 cm³/mol. The summed E-state index contributed by atoms with van der Waals surface area (Å²) in [4.78, 5) is 0. The molecule has 0 aliphatic carbocycles. The van der Waals surface area contributed by atoms with Gasteiger partial charge < -0.3 is 0 Å². The molecule has 0 heteroatoms. The zero-order chi connectivity index (χ0) is 17.4. The SMILES string of the molecule is CCCCC(C)(C)C(C(C)(C)CCCC)C(C)(C)CCCC. The van der Waals surface area contributed by atoms with Crippen LogP contribution in [-0.2, 0) is 0 Å². The minimum atomic E-state index is 0.435. The first-order chi connectivity index (χ1) is 10.0. The maximum absolute atomic E-state index is 2.55. The van der Waals surface area contributed by atoms with Crippen LogP contribution in [0.3, 0.4) is 0 Å². The van der Waals surface area contributed by atoms with Crippen LogP contribution in [0.1, 0.15) is 120 Å². The third-order valence-corrected chi connectivity index (χ3v) is 5.87. The summed E-state index contributed by atoms with van der Waals surface area (Å²) in [5.74, 6) is 0.789. The van der Waals surface area contributed by atoms with Gasteiger partial charge in [0.1, 0.15) is 0 Å². The van der Waals surface area contributed by atoms with E-state index < -0.39 is 0 Å². The minimum absolute atomic E-state index is 0.435. The Morgan fingerprint density at radius 1 is 0.500 bits per heavy atom. The third kappa shape index (κ3) is 6.63. The topological polar surface area (TPSA) is 0 Å². The molecule has 0 aromatic heterocycles. The van der Waals surface area contributed by atoms with Gasteiger partial charge in [0.05, 0.1) is 0 Å². The molecule has 0 atom stereocenters. The molecule has 0 radical (unpaired) electrons. The number of hydrogen-bond donors (Lipinski definition) is 0. The normalized spacial score (nSPS) is 13.9. The third-order valence-electron chi connectivity index (χ3n) is 5.87. The van der Waals surface area contributed by atoms with E-state index in [9.17, 15) is 0 Å². The van der Waals surface area contributed by atoms with E-state index in [2.05, 4.69) is 62.3 Å². The van der Waals surface area contributed by atoms with Crippen LogP contribution in [0.25, 0.3) is 0 Å². The molecule has 0 unspecified atom stereocenters. The first kappa shape index (κ1) is 22.0. The molecule has 0 aromatic rings. The van der Waals surface area contributed by atoms with Crippen molar-refractivity contribution >= 4 is 0 Å². The molecule has 22 heavy (non-hydrogen) atoms. The number of hydrogen-bond acceptors (Lipinski definition) is 0. The zero-order valence-corrected chi connectivity index (χ0v) is 17.4. The van der Waals surface area contributed by atoms with Crippen LogP contribution in [-0.4, -0.2) is 0 Å². The Kier molecular flexibility index (Phi) is 9.33. The van der Waals surface area contributed by atoms with Gasteiger partial charge in [-0.15, -0.1) is 0 Å². The zero-order valence-electron chi connectivity index (χ0n) is 17.4. The first-order valence-corrected chi connectivity index (χ1v) is 10.0. The van der Waals surface area contributed by atoms with E-state index in [0.717, 1.165) is 5.92 Å². The van der Waals surface area contributed by atoms with Gasteiger partial charge in [0.25, 0.3) is 0 Å². The fourth-order valence-corrected chi connectivity index (χ4v) is 5.50. The highest BCUT2D eigenvalue weighted by atomic mass is 14.5. The van der Waals surface area contributed by atoms with Crippen molar-refractivity contribution in [2.24, 2.45) is 22.2 Å². The molecule has 0 bridgehead atoms. The average Bonchev–Trinajstić information content (AvgIpc) is 2.39. The summed E-state index contributed by atoms with van der Waals surface area (Å²) in [6, 6.07) is 0. The Morgan fingerprint density at radius 2 is 0.727 bits per heavy atom. The summed E-state index contributed by atoms with van der Waals surface area (Å²) in [5.41, 5.74) is 1.31. The van der Waals surface area contributed by atoms with Crippen molar-refractivity contribution in [3.63, 3.8) is 0 Å². The van der Waals surface area contributed by atoms with Gasteiger partial charge in [-0.25, -0.2) is 0 Å². The molecule has 0 aromatic carbocycles. The lowest BCUT2D eigenvalue weighted by Crippen LogP contribution is -2.46. The van der Waals surface area contributed by atoms with Crippen molar-refractivity contribution in [3.8, 4) is 0 Å². The van der Waals surface area contributed by atoms with Crippen molar-refractivity contribution in [2.45, 2.75) is 120 Å². The van der Waals surface area contributed by atoms with Crippen molar-refractivity contribution in [2.75, 3.05) is 0 Å². The highest BCUT2D eigenvalue weighted by Crippen LogP contribution is 2.56. The summed E-state index contributed by atoms with van der Waals surface area (Å²) in [7, 11) is 0. The van der Waals surface area contributed by atoms with E-state index in [-0.39, 0.29) is 0 Å². The largest absolute Gasteiger partial charge is 0.0654 e. The van der Waals surface area contributed by atoms with Gasteiger partial charge >= 0.3 is 0 Å². The van der Waals surface area contributed by atoms with Gasteiger partial charge in [0, 0.05) is 0 Å². The summed E-state index contributed by atoms with van der Waals surface area (Å²) in [5, 5.41) is 0. The quantitative estimate of drug-likeness (QED) is 0.340. The molecule has 0 saturated carbocycles. The number of rotatable bonds is 12. The predicted octanol–water partition coefficient (Wildman–Crippen LogP) is 8.25. The highest BCUT2D eigenvalue weighted by molar-refractivity contribution is 4.96. The van der Waals surface area contributed by atoms with Gasteiger partial charge in [-0.05, 0) is 41.4 Å². The van der Waals surface area contributed by atoms with Gasteiger partial charge in [-0.1, -0.05) is 101 Å². The second-order valence-corrected chi connectivity index (χ2v) is 9.71. The standard InChI is InChI=1S/C22H46/c1-10-13-16-20(4,5)19(21(6,7)17-14-11-2)22(8,9)18-15-12-3/h19H,10-18H2,1-9H3. The molecule has 0 heterocycles. The Hall–Kier alpha value is 0. The van der Waals surface area contributed by atoms with Crippen LogP contribution in [0.5, 0.6) is 0 Å². The van der Waals surface area contributed by atoms with Crippen molar-refractivity contribution in [1.82, 2.24) is 0 Å². The minimum Gasteiger partial charge on any atom is -0.0654 e.